The summed E-state index contributed by atoms with van der Waals surface area (Å²) in [6.45, 7) is 4.05. The largest absolute Gasteiger partial charge is 0.469 e. The minimum absolute atomic E-state index is 0.0341. The second-order valence-electron chi connectivity index (χ2n) is 4.92. The van der Waals surface area contributed by atoms with Crippen LogP contribution in [0.4, 0.5) is 0 Å². The van der Waals surface area contributed by atoms with Crippen LogP contribution in [0.15, 0.2) is 53.1 Å². The predicted octanol–water partition coefficient (Wildman–Crippen LogP) is 4.53. The number of benzene rings is 2. The van der Waals surface area contributed by atoms with Crippen molar-refractivity contribution in [3.8, 4) is 0 Å². The molecule has 0 unspecified atom stereocenters. The van der Waals surface area contributed by atoms with Crippen molar-refractivity contribution in [2.75, 3.05) is 0 Å². The first kappa shape index (κ1) is 12.7. The van der Waals surface area contributed by atoms with Gasteiger partial charge in [0.05, 0.1) is 11.8 Å². The molecule has 0 bridgehead atoms. The molecule has 0 aliphatic heterocycles. The molecule has 0 saturated carbocycles. The highest BCUT2D eigenvalue weighted by Gasteiger charge is 2.17. The second kappa shape index (κ2) is 4.97. The lowest BCUT2D eigenvalue weighted by molar-refractivity contribution is 0.103. The predicted molar refractivity (Wildman–Crippen MR) is 80.2 cm³/mol. The second-order valence-corrected chi connectivity index (χ2v) is 4.92. The van der Waals surface area contributed by atoms with Crippen molar-refractivity contribution in [2.24, 2.45) is 0 Å². The van der Waals surface area contributed by atoms with Gasteiger partial charge in [0, 0.05) is 12.0 Å². The number of rotatable bonds is 3. The van der Waals surface area contributed by atoms with Crippen molar-refractivity contribution in [2.45, 2.75) is 20.3 Å². The Morgan fingerprint density at radius 2 is 1.75 bits per heavy atom. The van der Waals surface area contributed by atoms with E-state index < -0.39 is 0 Å². The summed E-state index contributed by atoms with van der Waals surface area (Å²) in [5, 5.41) is 2.13. The summed E-state index contributed by atoms with van der Waals surface area (Å²) < 4.78 is 5.37. The third-order valence-electron chi connectivity index (χ3n) is 3.70. The van der Waals surface area contributed by atoms with Gasteiger partial charge in [-0.1, -0.05) is 43.3 Å². The molecule has 3 aromatic rings. The van der Waals surface area contributed by atoms with Crippen molar-refractivity contribution >= 4 is 16.6 Å². The summed E-state index contributed by atoms with van der Waals surface area (Å²) in [7, 11) is 0. The Balaban J connectivity index is 2.20. The van der Waals surface area contributed by atoms with Gasteiger partial charge in [-0.3, -0.25) is 4.79 Å². The number of carbonyl (C=O) groups excluding carboxylic acids is 1. The smallest absolute Gasteiger partial charge is 0.197 e. The number of carbonyl (C=O) groups is 1. The fraction of sp³-hybridized carbons (Fsp3) is 0.167. The van der Waals surface area contributed by atoms with Crippen LogP contribution in [0.3, 0.4) is 0 Å². The lowest BCUT2D eigenvalue weighted by atomic mass is 9.95. The standard InChI is InChI=1S/C18H16O2/c1-3-17-16(10-11-20-17)18(19)15-9-8-12(2)13-6-4-5-7-14(13)15/h4-11H,3H2,1-2H3. The maximum atomic E-state index is 12.8. The van der Waals surface area contributed by atoms with Crippen molar-refractivity contribution in [1.82, 2.24) is 0 Å². The zero-order valence-electron chi connectivity index (χ0n) is 11.6. The maximum absolute atomic E-state index is 12.8. The monoisotopic (exact) mass is 264 g/mol. The van der Waals surface area contributed by atoms with Gasteiger partial charge in [0.2, 0.25) is 0 Å². The third-order valence-corrected chi connectivity index (χ3v) is 3.70. The Morgan fingerprint density at radius 1 is 1.00 bits per heavy atom. The number of hydrogen-bond acceptors (Lipinski definition) is 2. The molecule has 0 amide bonds. The molecule has 0 radical (unpaired) electrons. The highest BCUT2D eigenvalue weighted by molar-refractivity contribution is 6.17. The molecule has 0 N–H and O–H groups in total. The molecule has 2 heteroatoms. The Bertz CT molecular complexity index is 781. The lowest BCUT2D eigenvalue weighted by Gasteiger charge is -2.08. The van der Waals surface area contributed by atoms with Gasteiger partial charge in [-0.25, -0.2) is 0 Å². The molecule has 0 fully saturated rings. The molecule has 2 nitrogen and oxygen atoms in total. The van der Waals surface area contributed by atoms with Gasteiger partial charge in [0.1, 0.15) is 5.76 Å². The number of aryl methyl sites for hydroxylation is 2. The molecule has 0 atom stereocenters. The van der Waals surface area contributed by atoms with Gasteiger partial charge in [0.15, 0.2) is 5.78 Å². The Hall–Kier alpha value is -2.35. The van der Waals surface area contributed by atoms with Gasteiger partial charge in [0.25, 0.3) is 0 Å². The van der Waals surface area contributed by atoms with Crippen LogP contribution in [-0.2, 0) is 6.42 Å². The summed E-state index contributed by atoms with van der Waals surface area (Å²) in [4.78, 5) is 12.8. The minimum Gasteiger partial charge on any atom is -0.469 e. The zero-order chi connectivity index (χ0) is 14.1. The average Bonchev–Trinajstić information content (AvgIpc) is 2.96. The van der Waals surface area contributed by atoms with E-state index in [1.54, 1.807) is 12.3 Å². The van der Waals surface area contributed by atoms with Crippen LogP contribution >= 0.6 is 0 Å². The van der Waals surface area contributed by atoms with Crippen molar-refractivity contribution in [1.29, 1.82) is 0 Å². The van der Waals surface area contributed by atoms with E-state index in [9.17, 15) is 4.79 Å². The fourth-order valence-electron chi connectivity index (χ4n) is 2.61. The Morgan fingerprint density at radius 3 is 2.50 bits per heavy atom. The van der Waals surface area contributed by atoms with Gasteiger partial charge in [-0.2, -0.15) is 0 Å². The summed E-state index contributed by atoms with van der Waals surface area (Å²) in [5.41, 5.74) is 2.59. The molecule has 0 saturated heterocycles. The van der Waals surface area contributed by atoms with Crippen LogP contribution in [-0.4, -0.2) is 5.78 Å². The van der Waals surface area contributed by atoms with E-state index in [4.69, 9.17) is 4.42 Å². The topological polar surface area (TPSA) is 30.2 Å². The van der Waals surface area contributed by atoms with Gasteiger partial charge >= 0.3 is 0 Å². The molecule has 3 rings (SSSR count). The van der Waals surface area contributed by atoms with E-state index in [2.05, 4.69) is 13.0 Å². The van der Waals surface area contributed by atoms with Gasteiger partial charge in [-0.05, 0) is 29.3 Å². The van der Waals surface area contributed by atoms with Crippen molar-refractivity contribution < 1.29 is 9.21 Å². The Labute approximate surface area is 118 Å². The molecular formula is C18H16O2. The summed E-state index contributed by atoms with van der Waals surface area (Å²) >= 11 is 0. The molecule has 2 aromatic carbocycles. The summed E-state index contributed by atoms with van der Waals surface area (Å²) in [6.07, 6.45) is 2.31. The molecule has 20 heavy (non-hydrogen) atoms. The number of ketones is 1. The van der Waals surface area contributed by atoms with E-state index in [0.29, 0.717) is 5.56 Å². The lowest BCUT2D eigenvalue weighted by Crippen LogP contribution is -2.04. The van der Waals surface area contributed by atoms with Crippen LogP contribution in [0.5, 0.6) is 0 Å². The average molecular weight is 264 g/mol. The minimum atomic E-state index is 0.0341. The normalized spacial score (nSPS) is 10.9. The van der Waals surface area contributed by atoms with Crippen LogP contribution < -0.4 is 0 Å². The van der Waals surface area contributed by atoms with Crippen LogP contribution in [0.2, 0.25) is 0 Å². The molecule has 1 heterocycles. The number of fused-ring (bicyclic) bond motifs is 1. The van der Waals surface area contributed by atoms with E-state index in [-0.39, 0.29) is 5.78 Å². The Kier molecular flexibility index (Phi) is 3.15. The van der Waals surface area contributed by atoms with E-state index in [1.807, 2.05) is 37.3 Å². The summed E-state index contributed by atoms with van der Waals surface area (Å²) in [6, 6.07) is 13.7. The van der Waals surface area contributed by atoms with Crippen molar-refractivity contribution in [3.63, 3.8) is 0 Å². The first-order valence-corrected chi connectivity index (χ1v) is 6.81. The van der Waals surface area contributed by atoms with E-state index in [1.165, 1.54) is 5.56 Å². The molecule has 100 valence electrons. The van der Waals surface area contributed by atoms with Gasteiger partial charge < -0.3 is 4.42 Å². The highest BCUT2D eigenvalue weighted by atomic mass is 16.3. The third kappa shape index (κ3) is 1.94. The molecule has 0 spiro atoms. The number of furan rings is 1. The highest BCUT2D eigenvalue weighted by Crippen LogP contribution is 2.25. The maximum Gasteiger partial charge on any atom is 0.197 e. The molecule has 0 aliphatic rings. The fourth-order valence-corrected chi connectivity index (χ4v) is 2.61. The SMILES string of the molecule is CCc1occc1C(=O)c1ccc(C)c2ccccc12. The van der Waals surface area contributed by atoms with E-state index >= 15 is 0 Å². The van der Waals surface area contributed by atoms with Crippen LogP contribution in [0, 0.1) is 6.92 Å². The van der Waals surface area contributed by atoms with Crippen molar-refractivity contribution in [3.05, 3.63) is 71.2 Å². The summed E-state index contributed by atoms with van der Waals surface area (Å²) in [5.74, 6) is 0.784. The molecule has 0 aliphatic carbocycles. The first-order chi connectivity index (χ1) is 9.72. The van der Waals surface area contributed by atoms with Gasteiger partial charge in [-0.15, -0.1) is 0 Å². The zero-order valence-corrected chi connectivity index (χ0v) is 11.6. The number of hydrogen-bond donors (Lipinski definition) is 0. The first-order valence-electron chi connectivity index (χ1n) is 6.81. The van der Waals surface area contributed by atoms with Crippen LogP contribution in [0.25, 0.3) is 10.8 Å². The quantitative estimate of drug-likeness (QED) is 0.650. The van der Waals surface area contributed by atoms with E-state index in [0.717, 1.165) is 28.5 Å². The molecule has 1 aromatic heterocycles. The van der Waals surface area contributed by atoms with Crippen LogP contribution in [0.1, 0.15) is 34.2 Å². The molecular weight excluding hydrogens is 248 g/mol.